The van der Waals surface area contributed by atoms with Crippen molar-refractivity contribution in [2.75, 3.05) is 25.7 Å². The number of aliphatic hydroxyl groups is 1. The molecule has 0 fully saturated rings. The van der Waals surface area contributed by atoms with Crippen molar-refractivity contribution in [3.8, 4) is 11.8 Å². The van der Waals surface area contributed by atoms with Gasteiger partial charge in [-0.2, -0.15) is 11.8 Å². The molecule has 0 aliphatic carbocycles. The lowest BCUT2D eigenvalue weighted by atomic mass is 10.2. The average molecular weight is 297 g/mol. The van der Waals surface area contributed by atoms with Gasteiger partial charge < -0.3 is 10.0 Å². The average Bonchev–Trinajstić information content (AvgIpc) is 2.89. The van der Waals surface area contributed by atoms with Gasteiger partial charge >= 0.3 is 0 Å². The molecule has 0 saturated carbocycles. The number of carbonyl (C=O) groups excluding carboxylic acids is 1. The second-order valence-corrected chi connectivity index (χ2v) is 5.88. The lowest BCUT2D eigenvalue weighted by Gasteiger charge is -2.26. The van der Waals surface area contributed by atoms with Crippen molar-refractivity contribution in [1.82, 2.24) is 4.90 Å². The SMILES string of the molecule is CCC(CSC)N(C)C(=O)c1sccc1C#CCO. The summed E-state index contributed by atoms with van der Waals surface area (Å²) >= 11 is 3.14. The van der Waals surface area contributed by atoms with Crippen LogP contribution in [0.15, 0.2) is 11.4 Å². The van der Waals surface area contributed by atoms with Crippen molar-refractivity contribution >= 4 is 29.0 Å². The molecule has 3 nitrogen and oxygen atoms in total. The number of hydrogen-bond donors (Lipinski definition) is 1. The predicted molar refractivity (Wildman–Crippen MR) is 82.8 cm³/mol. The van der Waals surface area contributed by atoms with Crippen molar-refractivity contribution in [3.63, 3.8) is 0 Å². The zero-order valence-corrected chi connectivity index (χ0v) is 13.1. The summed E-state index contributed by atoms with van der Waals surface area (Å²) in [5.41, 5.74) is 0.704. The van der Waals surface area contributed by atoms with Gasteiger partial charge in [-0.25, -0.2) is 0 Å². The summed E-state index contributed by atoms with van der Waals surface area (Å²) in [5.74, 6) is 6.36. The number of rotatable bonds is 5. The monoisotopic (exact) mass is 297 g/mol. The highest BCUT2D eigenvalue weighted by atomic mass is 32.2. The van der Waals surface area contributed by atoms with E-state index >= 15 is 0 Å². The van der Waals surface area contributed by atoms with Crippen LogP contribution in [0.4, 0.5) is 0 Å². The summed E-state index contributed by atoms with van der Waals surface area (Å²) in [6.07, 6.45) is 2.98. The second kappa shape index (κ2) is 8.26. The third-order valence-corrected chi connectivity index (χ3v) is 4.48. The fraction of sp³-hybridized carbons (Fsp3) is 0.500. The molecule has 1 atom stereocenters. The van der Waals surface area contributed by atoms with E-state index in [0.717, 1.165) is 12.2 Å². The maximum Gasteiger partial charge on any atom is 0.265 e. The van der Waals surface area contributed by atoms with Gasteiger partial charge in [0.25, 0.3) is 5.91 Å². The molecule has 0 radical (unpaired) electrons. The molecule has 1 heterocycles. The Bertz CT molecular complexity index is 473. The number of aliphatic hydroxyl groups excluding tert-OH is 1. The summed E-state index contributed by atoms with van der Waals surface area (Å²) < 4.78 is 0. The minimum atomic E-state index is -0.191. The van der Waals surface area contributed by atoms with E-state index in [-0.39, 0.29) is 18.6 Å². The van der Waals surface area contributed by atoms with E-state index < -0.39 is 0 Å². The smallest absolute Gasteiger partial charge is 0.265 e. The van der Waals surface area contributed by atoms with Crippen molar-refractivity contribution < 1.29 is 9.90 Å². The van der Waals surface area contributed by atoms with Crippen LogP contribution in [0.5, 0.6) is 0 Å². The van der Waals surface area contributed by atoms with E-state index in [0.29, 0.717) is 10.4 Å². The Labute approximate surface area is 123 Å². The third-order valence-electron chi connectivity index (χ3n) is 2.86. The molecule has 0 aliphatic heterocycles. The minimum Gasteiger partial charge on any atom is -0.384 e. The fourth-order valence-corrected chi connectivity index (χ4v) is 3.41. The summed E-state index contributed by atoms with van der Waals surface area (Å²) in [5, 5.41) is 10.6. The molecule has 5 heteroatoms. The quantitative estimate of drug-likeness (QED) is 0.848. The molecule has 19 heavy (non-hydrogen) atoms. The van der Waals surface area contributed by atoms with Gasteiger partial charge in [-0.1, -0.05) is 18.8 Å². The van der Waals surface area contributed by atoms with Gasteiger partial charge in [0, 0.05) is 24.4 Å². The number of nitrogens with zero attached hydrogens (tertiary/aromatic N) is 1. The van der Waals surface area contributed by atoms with Crippen molar-refractivity contribution in [3.05, 3.63) is 21.9 Å². The third kappa shape index (κ3) is 4.27. The summed E-state index contributed by atoms with van der Waals surface area (Å²) in [6, 6.07) is 2.06. The molecule has 0 spiro atoms. The minimum absolute atomic E-state index is 0.0122. The first-order valence-electron chi connectivity index (χ1n) is 6.09. The van der Waals surface area contributed by atoms with Crippen LogP contribution in [0.1, 0.15) is 28.6 Å². The molecule has 1 aromatic heterocycles. The Morgan fingerprint density at radius 2 is 2.37 bits per heavy atom. The van der Waals surface area contributed by atoms with Gasteiger partial charge in [0.1, 0.15) is 11.5 Å². The van der Waals surface area contributed by atoms with E-state index in [2.05, 4.69) is 18.8 Å². The Kier molecular flexibility index (Phi) is 7.00. The molecule has 0 aliphatic rings. The van der Waals surface area contributed by atoms with Gasteiger partial charge in [0.15, 0.2) is 0 Å². The van der Waals surface area contributed by atoms with Gasteiger partial charge in [0.05, 0.1) is 0 Å². The van der Waals surface area contributed by atoms with Crippen LogP contribution < -0.4 is 0 Å². The van der Waals surface area contributed by atoms with E-state index in [1.54, 1.807) is 16.7 Å². The Morgan fingerprint density at radius 1 is 1.63 bits per heavy atom. The first kappa shape index (κ1) is 16.1. The molecule has 1 unspecified atom stereocenters. The highest BCUT2D eigenvalue weighted by Crippen LogP contribution is 2.20. The van der Waals surface area contributed by atoms with Crippen LogP contribution in [0, 0.1) is 11.8 Å². The lowest BCUT2D eigenvalue weighted by molar-refractivity contribution is 0.0748. The van der Waals surface area contributed by atoms with Crippen LogP contribution in [0.25, 0.3) is 0 Å². The van der Waals surface area contributed by atoms with Crippen LogP contribution in [-0.2, 0) is 0 Å². The first-order chi connectivity index (χ1) is 9.15. The normalized spacial score (nSPS) is 11.6. The number of amides is 1. The highest BCUT2D eigenvalue weighted by molar-refractivity contribution is 7.98. The van der Waals surface area contributed by atoms with Gasteiger partial charge in [0.2, 0.25) is 0 Å². The van der Waals surface area contributed by atoms with E-state index in [1.807, 2.05) is 24.7 Å². The molecule has 0 bridgehead atoms. The number of thioether (sulfide) groups is 1. The molecule has 1 aromatic rings. The maximum absolute atomic E-state index is 12.5. The molecular formula is C14H19NO2S2. The van der Waals surface area contributed by atoms with Crippen LogP contribution in [0.3, 0.4) is 0 Å². The standard InChI is InChI=1S/C14H19NO2S2/c1-4-12(10-18-3)15(2)14(17)13-11(6-5-8-16)7-9-19-13/h7,9,12,16H,4,8,10H2,1-3H3. The number of hydrogen-bond acceptors (Lipinski definition) is 4. The summed E-state index contributed by atoms with van der Waals surface area (Å²) in [4.78, 5) is 14.9. The topological polar surface area (TPSA) is 40.5 Å². The van der Waals surface area contributed by atoms with Crippen LogP contribution in [-0.4, -0.2) is 47.6 Å². The van der Waals surface area contributed by atoms with Gasteiger partial charge in [-0.15, -0.1) is 11.3 Å². The Balaban J connectivity index is 2.90. The fourth-order valence-electron chi connectivity index (χ4n) is 1.73. The van der Waals surface area contributed by atoms with E-state index in [9.17, 15) is 4.79 Å². The first-order valence-corrected chi connectivity index (χ1v) is 8.36. The van der Waals surface area contributed by atoms with Gasteiger partial charge in [-0.05, 0) is 24.1 Å². The largest absolute Gasteiger partial charge is 0.384 e. The molecule has 0 aromatic carbocycles. The lowest BCUT2D eigenvalue weighted by Crippen LogP contribution is -2.38. The predicted octanol–water partition coefficient (Wildman–Crippen LogP) is 2.31. The molecule has 0 saturated heterocycles. The van der Waals surface area contributed by atoms with E-state index in [4.69, 9.17) is 5.11 Å². The maximum atomic E-state index is 12.5. The summed E-state index contributed by atoms with van der Waals surface area (Å²) in [6.45, 7) is 1.90. The molecular weight excluding hydrogens is 278 g/mol. The second-order valence-electron chi connectivity index (χ2n) is 4.06. The number of carbonyl (C=O) groups is 1. The Hall–Kier alpha value is -0.960. The highest BCUT2D eigenvalue weighted by Gasteiger charge is 2.22. The zero-order valence-electron chi connectivity index (χ0n) is 11.5. The number of thiophene rings is 1. The van der Waals surface area contributed by atoms with Gasteiger partial charge in [-0.3, -0.25) is 4.79 Å². The molecule has 1 amide bonds. The van der Waals surface area contributed by atoms with Crippen LogP contribution >= 0.6 is 23.1 Å². The zero-order chi connectivity index (χ0) is 14.3. The van der Waals surface area contributed by atoms with Crippen molar-refractivity contribution in [2.45, 2.75) is 19.4 Å². The molecule has 1 rings (SSSR count). The van der Waals surface area contributed by atoms with E-state index in [1.165, 1.54) is 11.3 Å². The summed E-state index contributed by atoms with van der Waals surface area (Å²) in [7, 11) is 1.84. The molecule has 1 N–H and O–H groups in total. The van der Waals surface area contributed by atoms with Crippen molar-refractivity contribution in [2.24, 2.45) is 0 Å². The van der Waals surface area contributed by atoms with Crippen molar-refractivity contribution in [1.29, 1.82) is 0 Å². The Morgan fingerprint density at radius 3 is 2.95 bits per heavy atom. The molecule has 104 valence electrons. The van der Waals surface area contributed by atoms with Crippen LogP contribution in [0.2, 0.25) is 0 Å².